The molecule has 0 spiro atoms. The van der Waals surface area contributed by atoms with E-state index in [1.54, 1.807) is 0 Å². The molecule has 0 saturated carbocycles. The van der Waals surface area contributed by atoms with Gasteiger partial charge in [-0.2, -0.15) is 8.78 Å². The number of rotatable bonds is 27. The summed E-state index contributed by atoms with van der Waals surface area (Å²) in [7, 11) is 0. The van der Waals surface area contributed by atoms with Crippen molar-refractivity contribution >= 4 is 11.9 Å². The van der Waals surface area contributed by atoms with Crippen LogP contribution in [0.1, 0.15) is 46.0 Å². The van der Waals surface area contributed by atoms with E-state index in [1.165, 1.54) is 0 Å². The number of carbonyl (C=O) groups is 2. The fraction of sp³-hybridized carbons (Fsp3) is 0.724. The summed E-state index contributed by atoms with van der Waals surface area (Å²) in [6.07, 6.45) is 3.21. The van der Waals surface area contributed by atoms with Gasteiger partial charge >= 0.3 is 11.9 Å². The first-order valence-corrected chi connectivity index (χ1v) is 14.6. The molecule has 0 saturated heterocycles. The van der Waals surface area contributed by atoms with Crippen molar-refractivity contribution in [3.05, 3.63) is 29.1 Å². The quantitative estimate of drug-likeness (QED) is 0.0338. The lowest BCUT2D eigenvalue weighted by molar-refractivity contribution is -0.150. The second-order valence-electron chi connectivity index (χ2n) is 9.21. The average molecular weight is 647 g/mol. The maximum atomic E-state index is 13.5. The standard InChI is InChI=1S/C29H43F5O10/c1-3-5-6-21(4-2)29(36)43-20-19-42-18-17-41-16-15-40-14-13-39-12-11-38-10-9-37-8-7-22(35)44-28-26(33)24(31)23(30)25(32)27(28)34/h21H,3-20H2,1-2H3. The van der Waals surface area contributed by atoms with Gasteiger partial charge in [0, 0.05) is 0 Å². The lowest BCUT2D eigenvalue weighted by atomic mass is 10.00. The molecule has 1 unspecified atom stereocenters. The number of hydrogen-bond donors (Lipinski definition) is 0. The molecule has 1 aromatic carbocycles. The highest BCUT2D eigenvalue weighted by molar-refractivity contribution is 5.72. The van der Waals surface area contributed by atoms with Crippen LogP contribution in [0, 0.1) is 35.0 Å². The third kappa shape index (κ3) is 16.6. The second-order valence-corrected chi connectivity index (χ2v) is 9.21. The van der Waals surface area contributed by atoms with Gasteiger partial charge in [0.2, 0.25) is 34.8 Å². The van der Waals surface area contributed by atoms with Crippen LogP contribution < -0.4 is 4.74 Å². The van der Waals surface area contributed by atoms with Crippen LogP contribution in [-0.4, -0.2) is 97.8 Å². The molecule has 10 nitrogen and oxygen atoms in total. The first kappa shape index (κ1) is 39.6. The number of halogens is 5. The third-order valence-electron chi connectivity index (χ3n) is 5.90. The molecule has 1 atom stereocenters. The van der Waals surface area contributed by atoms with Crippen molar-refractivity contribution in [3.63, 3.8) is 0 Å². The number of carbonyl (C=O) groups excluding carboxylic acids is 2. The van der Waals surface area contributed by atoms with Crippen LogP contribution >= 0.6 is 0 Å². The Morgan fingerprint density at radius 1 is 0.568 bits per heavy atom. The summed E-state index contributed by atoms with van der Waals surface area (Å²) in [5, 5.41) is 0. The van der Waals surface area contributed by atoms with Crippen molar-refractivity contribution in [1.82, 2.24) is 0 Å². The topological polar surface area (TPSA) is 108 Å². The summed E-state index contributed by atoms with van der Waals surface area (Å²) in [6.45, 7) is 7.50. The van der Waals surface area contributed by atoms with E-state index in [0.29, 0.717) is 52.9 Å². The van der Waals surface area contributed by atoms with Crippen molar-refractivity contribution in [2.45, 2.75) is 46.0 Å². The maximum absolute atomic E-state index is 13.5. The summed E-state index contributed by atoms with van der Waals surface area (Å²) in [6, 6.07) is 0. The molecule has 0 aliphatic heterocycles. The average Bonchev–Trinajstić information content (AvgIpc) is 3.02. The summed E-state index contributed by atoms with van der Waals surface area (Å²) < 4.78 is 108. The Bertz CT molecular complexity index is 925. The summed E-state index contributed by atoms with van der Waals surface area (Å²) in [5.41, 5.74) is 0. The van der Waals surface area contributed by atoms with E-state index < -0.39 is 47.2 Å². The van der Waals surface area contributed by atoms with Crippen molar-refractivity contribution in [2.24, 2.45) is 5.92 Å². The van der Waals surface area contributed by atoms with E-state index in [4.69, 9.17) is 33.2 Å². The Kier molecular flexibility index (Phi) is 22.4. The van der Waals surface area contributed by atoms with Gasteiger partial charge in [-0.25, -0.2) is 13.2 Å². The first-order valence-electron chi connectivity index (χ1n) is 14.6. The summed E-state index contributed by atoms with van der Waals surface area (Å²) >= 11 is 0. The van der Waals surface area contributed by atoms with E-state index in [-0.39, 0.29) is 44.9 Å². The minimum atomic E-state index is -2.35. The van der Waals surface area contributed by atoms with Gasteiger partial charge in [0.05, 0.1) is 91.6 Å². The molecule has 44 heavy (non-hydrogen) atoms. The van der Waals surface area contributed by atoms with Gasteiger partial charge in [0.1, 0.15) is 6.61 Å². The minimum Gasteiger partial charge on any atom is -0.463 e. The highest BCUT2D eigenvalue weighted by Gasteiger charge is 2.28. The molecule has 0 aromatic heterocycles. The molecular formula is C29H43F5O10. The van der Waals surface area contributed by atoms with E-state index in [1.807, 2.05) is 6.92 Å². The lowest BCUT2D eigenvalue weighted by Crippen LogP contribution is -2.20. The van der Waals surface area contributed by atoms with E-state index >= 15 is 0 Å². The highest BCUT2D eigenvalue weighted by Crippen LogP contribution is 2.29. The number of unbranched alkanes of at least 4 members (excludes halogenated alkanes) is 1. The SMILES string of the molecule is CCCCC(CC)C(=O)OCCOCCOCCOCCOCCOCCOCCC(=O)Oc1c(F)c(F)c(F)c(F)c1F. The Labute approximate surface area is 254 Å². The van der Waals surface area contributed by atoms with Gasteiger partial charge in [-0.05, 0) is 12.8 Å². The first-order chi connectivity index (χ1) is 21.2. The summed E-state index contributed by atoms with van der Waals surface area (Å²) in [5.74, 6) is -14.3. The number of hydrogen-bond acceptors (Lipinski definition) is 10. The molecule has 15 heteroatoms. The fourth-order valence-electron chi connectivity index (χ4n) is 3.45. The highest BCUT2D eigenvalue weighted by atomic mass is 19.2. The zero-order valence-electron chi connectivity index (χ0n) is 25.3. The lowest BCUT2D eigenvalue weighted by Gasteiger charge is -2.13. The third-order valence-corrected chi connectivity index (χ3v) is 5.90. The van der Waals surface area contributed by atoms with Gasteiger partial charge in [-0.15, -0.1) is 0 Å². The Morgan fingerprint density at radius 2 is 0.955 bits per heavy atom. The van der Waals surface area contributed by atoms with Gasteiger partial charge in [-0.1, -0.05) is 26.7 Å². The number of ether oxygens (including phenoxy) is 8. The van der Waals surface area contributed by atoms with Gasteiger partial charge in [-0.3, -0.25) is 9.59 Å². The predicted molar refractivity (Wildman–Crippen MR) is 146 cm³/mol. The molecule has 0 radical (unpaired) electrons. The zero-order valence-corrected chi connectivity index (χ0v) is 25.3. The molecule has 0 aliphatic rings. The van der Waals surface area contributed by atoms with Gasteiger partial charge in [0.25, 0.3) is 0 Å². The van der Waals surface area contributed by atoms with Crippen molar-refractivity contribution in [3.8, 4) is 5.75 Å². The van der Waals surface area contributed by atoms with Crippen LogP contribution in [0.25, 0.3) is 0 Å². The van der Waals surface area contributed by atoms with E-state index in [9.17, 15) is 31.5 Å². The van der Waals surface area contributed by atoms with Crippen LogP contribution in [0.5, 0.6) is 5.75 Å². The molecule has 254 valence electrons. The van der Waals surface area contributed by atoms with Crippen LogP contribution in [0.4, 0.5) is 22.0 Å². The molecular weight excluding hydrogens is 603 g/mol. The molecule has 1 aromatic rings. The Balaban J connectivity index is 1.87. The van der Waals surface area contributed by atoms with Crippen molar-refractivity contribution in [1.29, 1.82) is 0 Å². The summed E-state index contributed by atoms with van der Waals surface area (Å²) in [4.78, 5) is 23.6. The fourth-order valence-corrected chi connectivity index (χ4v) is 3.45. The van der Waals surface area contributed by atoms with Crippen LogP contribution in [0.2, 0.25) is 0 Å². The van der Waals surface area contributed by atoms with Crippen LogP contribution in [0.3, 0.4) is 0 Å². The largest absolute Gasteiger partial charge is 0.463 e. The van der Waals surface area contributed by atoms with E-state index in [2.05, 4.69) is 11.7 Å². The Hall–Kier alpha value is -2.43. The van der Waals surface area contributed by atoms with Gasteiger partial charge in [0.15, 0.2) is 0 Å². The van der Waals surface area contributed by atoms with Crippen LogP contribution in [0.15, 0.2) is 0 Å². The maximum Gasteiger partial charge on any atom is 0.313 e. The Morgan fingerprint density at radius 3 is 1.36 bits per heavy atom. The second kappa shape index (κ2) is 24.8. The van der Waals surface area contributed by atoms with Crippen molar-refractivity contribution in [2.75, 3.05) is 85.9 Å². The van der Waals surface area contributed by atoms with Crippen LogP contribution in [-0.2, 0) is 42.7 Å². The van der Waals surface area contributed by atoms with Crippen molar-refractivity contribution < 1.29 is 69.4 Å². The molecule has 0 amide bonds. The molecule has 0 N–H and O–H groups in total. The zero-order chi connectivity index (χ0) is 32.6. The van der Waals surface area contributed by atoms with E-state index in [0.717, 1.165) is 25.7 Å². The molecule has 0 heterocycles. The number of esters is 2. The smallest absolute Gasteiger partial charge is 0.313 e. The predicted octanol–water partition coefficient (Wildman–Crippen LogP) is 4.54. The number of benzene rings is 1. The molecule has 1 rings (SSSR count). The molecule has 0 aliphatic carbocycles. The molecule has 0 bridgehead atoms. The minimum absolute atomic E-state index is 0.0434. The molecule has 0 fully saturated rings. The normalized spacial score (nSPS) is 12.0. The van der Waals surface area contributed by atoms with Gasteiger partial charge < -0.3 is 37.9 Å². The monoisotopic (exact) mass is 646 g/mol.